The molecule has 5 nitrogen and oxygen atoms in total. The first-order valence-corrected chi connectivity index (χ1v) is 9.92. The predicted octanol–water partition coefficient (Wildman–Crippen LogP) is 3.64. The van der Waals surface area contributed by atoms with Crippen molar-refractivity contribution in [2.75, 3.05) is 26.8 Å². The van der Waals surface area contributed by atoms with E-state index in [1.807, 2.05) is 42.2 Å². The van der Waals surface area contributed by atoms with Gasteiger partial charge in [-0.3, -0.25) is 9.69 Å². The number of piperazine rings is 1. The number of hydrogen-bond donors (Lipinski definition) is 0. The fourth-order valence-electron chi connectivity index (χ4n) is 3.71. The molecule has 0 radical (unpaired) electrons. The van der Waals surface area contributed by atoms with Crippen LogP contribution in [0.15, 0.2) is 42.5 Å². The summed E-state index contributed by atoms with van der Waals surface area (Å²) in [6.07, 6.45) is 0. The summed E-state index contributed by atoms with van der Waals surface area (Å²) in [5.41, 5.74) is 2.12. The standard InChI is InChI=1S/C23H29FN2O3/c1-16-5-10-21(28-4)22(11-16)29-15-23(27)26-13-17(2)25(12-18(26)3)14-19-6-8-20(24)9-7-19/h5-11,17-18H,12-15H2,1-4H3. The van der Waals surface area contributed by atoms with Gasteiger partial charge in [-0.05, 0) is 56.2 Å². The first kappa shape index (κ1) is 21.1. The average Bonchev–Trinajstić information content (AvgIpc) is 2.70. The van der Waals surface area contributed by atoms with Crippen LogP contribution in [0.1, 0.15) is 25.0 Å². The fraction of sp³-hybridized carbons (Fsp3) is 0.435. The van der Waals surface area contributed by atoms with Crippen LogP contribution in [-0.4, -0.2) is 54.6 Å². The van der Waals surface area contributed by atoms with Crippen LogP contribution in [0.4, 0.5) is 4.39 Å². The highest BCUT2D eigenvalue weighted by Gasteiger charge is 2.32. The van der Waals surface area contributed by atoms with Crippen LogP contribution < -0.4 is 9.47 Å². The molecule has 1 saturated heterocycles. The molecule has 1 heterocycles. The summed E-state index contributed by atoms with van der Waals surface area (Å²) in [5, 5.41) is 0. The van der Waals surface area contributed by atoms with Gasteiger partial charge >= 0.3 is 0 Å². The first-order valence-electron chi connectivity index (χ1n) is 9.92. The molecule has 1 fully saturated rings. The van der Waals surface area contributed by atoms with Crippen molar-refractivity contribution in [2.24, 2.45) is 0 Å². The molecule has 6 heteroatoms. The highest BCUT2D eigenvalue weighted by Crippen LogP contribution is 2.28. The Morgan fingerprint density at radius 2 is 1.79 bits per heavy atom. The number of methoxy groups -OCH3 is 1. The quantitative estimate of drug-likeness (QED) is 0.742. The highest BCUT2D eigenvalue weighted by molar-refractivity contribution is 5.78. The van der Waals surface area contributed by atoms with Crippen molar-refractivity contribution in [1.82, 2.24) is 9.80 Å². The third kappa shape index (κ3) is 5.26. The van der Waals surface area contributed by atoms with Crippen LogP contribution in [0.5, 0.6) is 11.5 Å². The van der Waals surface area contributed by atoms with Crippen molar-refractivity contribution in [3.05, 3.63) is 59.4 Å². The van der Waals surface area contributed by atoms with E-state index in [-0.39, 0.29) is 30.4 Å². The molecule has 1 aliphatic rings. The molecule has 2 unspecified atom stereocenters. The molecule has 0 N–H and O–H groups in total. The Morgan fingerprint density at radius 1 is 1.07 bits per heavy atom. The Balaban J connectivity index is 1.58. The minimum absolute atomic E-state index is 0.0190. The number of hydrogen-bond acceptors (Lipinski definition) is 4. The minimum Gasteiger partial charge on any atom is -0.493 e. The van der Waals surface area contributed by atoms with E-state index < -0.39 is 0 Å². The lowest BCUT2D eigenvalue weighted by molar-refractivity contribution is -0.139. The normalized spacial score (nSPS) is 19.8. The molecule has 0 aliphatic carbocycles. The van der Waals surface area contributed by atoms with Crippen molar-refractivity contribution >= 4 is 5.91 Å². The second-order valence-electron chi connectivity index (χ2n) is 7.74. The van der Waals surface area contributed by atoms with Gasteiger partial charge in [-0.2, -0.15) is 0 Å². The Morgan fingerprint density at radius 3 is 2.48 bits per heavy atom. The van der Waals surface area contributed by atoms with Gasteiger partial charge in [-0.1, -0.05) is 18.2 Å². The van der Waals surface area contributed by atoms with E-state index in [0.29, 0.717) is 18.0 Å². The minimum atomic E-state index is -0.226. The maximum absolute atomic E-state index is 13.1. The van der Waals surface area contributed by atoms with E-state index in [1.165, 1.54) is 12.1 Å². The van der Waals surface area contributed by atoms with E-state index in [2.05, 4.69) is 18.7 Å². The molecule has 0 saturated carbocycles. The molecule has 2 atom stereocenters. The lowest BCUT2D eigenvalue weighted by Gasteiger charge is -2.44. The Hall–Kier alpha value is -2.60. The van der Waals surface area contributed by atoms with Gasteiger partial charge in [0.05, 0.1) is 7.11 Å². The van der Waals surface area contributed by atoms with Gasteiger partial charge in [0.15, 0.2) is 18.1 Å². The summed E-state index contributed by atoms with van der Waals surface area (Å²) in [6.45, 7) is 8.25. The lowest BCUT2D eigenvalue weighted by atomic mass is 10.1. The number of nitrogens with zero attached hydrogens (tertiary/aromatic N) is 2. The van der Waals surface area contributed by atoms with Crippen LogP contribution in [0.25, 0.3) is 0 Å². The number of ether oxygens (including phenoxy) is 2. The summed E-state index contributed by atoms with van der Waals surface area (Å²) < 4.78 is 24.2. The smallest absolute Gasteiger partial charge is 0.260 e. The number of rotatable bonds is 6. The van der Waals surface area contributed by atoms with Gasteiger partial charge in [0.2, 0.25) is 0 Å². The van der Waals surface area contributed by atoms with Crippen molar-refractivity contribution < 1.29 is 18.7 Å². The van der Waals surface area contributed by atoms with Crippen molar-refractivity contribution in [3.63, 3.8) is 0 Å². The first-order chi connectivity index (χ1) is 13.9. The van der Waals surface area contributed by atoms with E-state index in [9.17, 15) is 9.18 Å². The maximum atomic E-state index is 13.1. The number of halogens is 1. The molecule has 2 aromatic rings. The predicted molar refractivity (Wildman–Crippen MR) is 111 cm³/mol. The SMILES string of the molecule is COc1ccc(C)cc1OCC(=O)N1CC(C)N(Cc2ccc(F)cc2)CC1C. The van der Waals surface area contributed by atoms with Crippen LogP contribution >= 0.6 is 0 Å². The van der Waals surface area contributed by atoms with Crippen LogP contribution in [-0.2, 0) is 11.3 Å². The van der Waals surface area contributed by atoms with Crippen molar-refractivity contribution in [1.29, 1.82) is 0 Å². The van der Waals surface area contributed by atoms with Crippen molar-refractivity contribution in [3.8, 4) is 11.5 Å². The number of carbonyl (C=O) groups is 1. The van der Waals surface area contributed by atoms with Gasteiger partial charge in [0.1, 0.15) is 5.82 Å². The van der Waals surface area contributed by atoms with Gasteiger partial charge < -0.3 is 14.4 Å². The Labute approximate surface area is 172 Å². The van der Waals surface area contributed by atoms with Gasteiger partial charge in [-0.25, -0.2) is 4.39 Å². The zero-order valence-corrected chi connectivity index (χ0v) is 17.5. The molecule has 29 heavy (non-hydrogen) atoms. The highest BCUT2D eigenvalue weighted by atomic mass is 19.1. The van der Waals surface area contributed by atoms with E-state index in [0.717, 1.165) is 24.2 Å². The number of carbonyl (C=O) groups excluding carboxylic acids is 1. The van der Waals surface area contributed by atoms with E-state index in [1.54, 1.807) is 7.11 Å². The number of benzene rings is 2. The molecule has 1 aliphatic heterocycles. The second kappa shape index (κ2) is 9.27. The van der Waals surface area contributed by atoms with Gasteiger partial charge in [-0.15, -0.1) is 0 Å². The van der Waals surface area contributed by atoms with Crippen LogP contribution in [0, 0.1) is 12.7 Å². The van der Waals surface area contributed by atoms with Crippen molar-refractivity contribution in [2.45, 2.75) is 39.4 Å². The van der Waals surface area contributed by atoms with E-state index in [4.69, 9.17) is 9.47 Å². The lowest BCUT2D eigenvalue weighted by Crippen LogP contribution is -2.58. The summed E-state index contributed by atoms with van der Waals surface area (Å²) in [5.74, 6) is 0.940. The Bertz CT molecular complexity index is 841. The maximum Gasteiger partial charge on any atom is 0.260 e. The summed E-state index contributed by atoms with van der Waals surface area (Å²) >= 11 is 0. The van der Waals surface area contributed by atoms with E-state index >= 15 is 0 Å². The molecular weight excluding hydrogens is 371 g/mol. The molecule has 0 bridgehead atoms. The summed E-state index contributed by atoms with van der Waals surface area (Å²) in [6, 6.07) is 12.5. The Kier molecular flexibility index (Phi) is 6.75. The summed E-state index contributed by atoms with van der Waals surface area (Å²) in [4.78, 5) is 17.0. The largest absolute Gasteiger partial charge is 0.493 e. The number of amides is 1. The second-order valence-corrected chi connectivity index (χ2v) is 7.74. The molecule has 2 aromatic carbocycles. The topological polar surface area (TPSA) is 42.0 Å². The third-order valence-corrected chi connectivity index (χ3v) is 5.40. The molecule has 0 spiro atoms. The number of aryl methyl sites for hydroxylation is 1. The average molecular weight is 400 g/mol. The zero-order valence-electron chi connectivity index (χ0n) is 17.5. The molecule has 1 amide bonds. The van der Waals surface area contributed by atoms with Gasteiger partial charge in [0.25, 0.3) is 5.91 Å². The zero-order chi connectivity index (χ0) is 21.0. The summed E-state index contributed by atoms with van der Waals surface area (Å²) in [7, 11) is 1.59. The molecule has 0 aromatic heterocycles. The van der Waals surface area contributed by atoms with Crippen LogP contribution in [0.3, 0.4) is 0 Å². The molecule has 3 rings (SSSR count). The molecule has 156 valence electrons. The third-order valence-electron chi connectivity index (χ3n) is 5.40. The van der Waals surface area contributed by atoms with Crippen LogP contribution in [0.2, 0.25) is 0 Å². The fourth-order valence-corrected chi connectivity index (χ4v) is 3.71. The van der Waals surface area contributed by atoms with Gasteiger partial charge in [0, 0.05) is 31.7 Å². The monoisotopic (exact) mass is 400 g/mol. The molecular formula is C23H29FN2O3.